The van der Waals surface area contributed by atoms with Crippen LogP contribution in [0.3, 0.4) is 0 Å². The van der Waals surface area contributed by atoms with Crippen molar-refractivity contribution >= 4 is 51.3 Å². The number of hydrogen-bond donors (Lipinski definition) is 4. The van der Waals surface area contributed by atoms with Gasteiger partial charge < -0.3 is 15.4 Å². The van der Waals surface area contributed by atoms with Crippen LogP contribution in [0.2, 0.25) is 0 Å². The van der Waals surface area contributed by atoms with E-state index in [4.69, 9.17) is 9.72 Å². The number of nitrogens with one attached hydrogen (secondary N) is 3. The van der Waals surface area contributed by atoms with Crippen LogP contribution in [0.15, 0.2) is 77.5 Å². The quantitative estimate of drug-likeness (QED) is 0.201. The molecule has 3 N–H and O–H groups in total. The number of thiophene rings is 1. The van der Waals surface area contributed by atoms with Crippen LogP contribution in [0.4, 0.5) is 10.5 Å². The zero-order chi connectivity index (χ0) is 26.9. The fourth-order valence-electron chi connectivity index (χ4n) is 3.78. The van der Waals surface area contributed by atoms with Gasteiger partial charge in [0.1, 0.15) is 11.0 Å². The lowest BCUT2D eigenvalue weighted by atomic mass is 10.0. The van der Waals surface area contributed by atoms with Crippen LogP contribution >= 0.6 is 22.7 Å². The fraction of sp³-hybridized carbons (Fsp3) is 0.192. The molecule has 0 radical (unpaired) electrons. The highest BCUT2D eigenvalue weighted by Gasteiger charge is 2.26. The predicted molar refractivity (Wildman–Crippen MR) is 150 cm³/mol. The molecular formula is C26H26N4O5S3. The molecule has 2 atom stereocenters. The number of thiazole rings is 1. The third-order valence-electron chi connectivity index (χ3n) is 5.62. The average Bonchev–Trinajstić information content (AvgIpc) is 3.62. The molecule has 0 bridgehead atoms. The summed E-state index contributed by atoms with van der Waals surface area (Å²) in [5, 5.41) is 10.4. The Bertz CT molecular complexity index is 1410. The van der Waals surface area contributed by atoms with Gasteiger partial charge in [-0.15, -0.1) is 22.7 Å². The average molecular weight is 571 g/mol. The van der Waals surface area contributed by atoms with Crippen molar-refractivity contribution < 1.29 is 22.7 Å². The number of nitrogens with zero attached hydrogens (tertiary/aromatic N) is 1. The van der Waals surface area contributed by atoms with Crippen molar-refractivity contribution in [3.05, 3.63) is 94.3 Å². The summed E-state index contributed by atoms with van der Waals surface area (Å²) in [5.74, 6) is -0.378. The highest BCUT2D eigenvalue weighted by Crippen LogP contribution is 2.31. The first kappa shape index (κ1) is 27.3. The van der Waals surface area contributed by atoms with Crippen molar-refractivity contribution in [3.63, 3.8) is 0 Å². The van der Waals surface area contributed by atoms with Crippen molar-refractivity contribution in [2.75, 3.05) is 11.8 Å². The second kappa shape index (κ2) is 13.2. The number of alkyl carbamates (subject to hydrolysis) is 1. The number of anilines is 1. The molecule has 0 saturated heterocycles. The molecule has 38 heavy (non-hydrogen) atoms. The van der Waals surface area contributed by atoms with Gasteiger partial charge in [-0.25, -0.2) is 18.2 Å². The van der Waals surface area contributed by atoms with Gasteiger partial charge in [0.05, 0.1) is 23.7 Å². The van der Waals surface area contributed by atoms with Gasteiger partial charge in [-0.1, -0.05) is 48.5 Å². The summed E-state index contributed by atoms with van der Waals surface area (Å²) in [7, 11) is -1.51. The number of carbonyl (C=O) groups excluding carboxylic acids is 2. The van der Waals surface area contributed by atoms with Crippen LogP contribution in [0.1, 0.15) is 22.9 Å². The number of rotatable bonds is 11. The standard InChI is InChI=1S/C26H26N4O5S3/c1-35-26(32)29-21(15-17-6-3-2-4-7-17)24(31)27-20(14-18-9-11-19(12-10-18)30-38(33)34)22-16-37-25(28-22)23-8-5-13-36-23/h2-13,16,20-21,38H,14-15H2,1H3,(H,27,31)(H,29,32)(H,30,33,34)/t20-,21-/m0/s1. The number of ether oxygens (including phenoxy) is 1. The lowest BCUT2D eigenvalue weighted by Gasteiger charge is -2.23. The topological polar surface area (TPSA) is 126 Å². The number of amides is 2. The summed E-state index contributed by atoms with van der Waals surface area (Å²) in [6.45, 7) is 0. The highest BCUT2D eigenvalue weighted by molar-refractivity contribution is 7.73. The van der Waals surface area contributed by atoms with Gasteiger partial charge in [-0.05, 0) is 41.1 Å². The van der Waals surface area contributed by atoms with Crippen LogP contribution in [-0.2, 0) is 33.3 Å². The molecular weight excluding hydrogens is 545 g/mol. The first-order chi connectivity index (χ1) is 18.4. The third-order valence-corrected chi connectivity index (χ3v) is 7.96. The van der Waals surface area contributed by atoms with E-state index in [1.54, 1.807) is 35.6 Å². The van der Waals surface area contributed by atoms with Crippen LogP contribution in [0.5, 0.6) is 0 Å². The van der Waals surface area contributed by atoms with E-state index in [1.807, 2.05) is 53.2 Å². The molecule has 0 aliphatic heterocycles. The number of aromatic nitrogens is 1. The minimum Gasteiger partial charge on any atom is -0.453 e. The molecule has 0 fully saturated rings. The summed E-state index contributed by atoms with van der Waals surface area (Å²) in [6.07, 6.45) is -0.0230. The molecule has 0 unspecified atom stereocenters. The van der Waals surface area contributed by atoms with E-state index < -0.39 is 29.1 Å². The molecule has 0 saturated carbocycles. The number of methoxy groups -OCH3 is 1. The zero-order valence-electron chi connectivity index (χ0n) is 20.3. The SMILES string of the molecule is COC(=O)N[C@@H](Cc1ccccc1)C(=O)N[C@@H](Cc1ccc(N[SH](=O)=O)cc1)c1csc(-c2cccs2)n1. The van der Waals surface area contributed by atoms with Crippen molar-refractivity contribution in [3.8, 4) is 9.88 Å². The monoisotopic (exact) mass is 570 g/mol. The highest BCUT2D eigenvalue weighted by atomic mass is 32.2. The Morgan fingerprint density at radius 2 is 1.66 bits per heavy atom. The van der Waals surface area contributed by atoms with Crippen molar-refractivity contribution in [1.29, 1.82) is 0 Å². The molecule has 2 aromatic heterocycles. The van der Waals surface area contributed by atoms with E-state index in [9.17, 15) is 18.0 Å². The van der Waals surface area contributed by atoms with Gasteiger partial charge in [0.2, 0.25) is 16.8 Å². The minimum absolute atomic E-state index is 0.278. The molecule has 2 amide bonds. The first-order valence-electron chi connectivity index (χ1n) is 11.6. The lowest BCUT2D eigenvalue weighted by Crippen LogP contribution is -2.49. The molecule has 4 rings (SSSR count). The Labute approximate surface area is 230 Å². The Balaban J connectivity index is 1.59. The maximum atomic E-state index is 13.5. The molecule has 2 aromatic carbocycles. The van der Waals surface area contributed by atoms with Crippen molar-refractivity contribution in [2.24, 2.45) is 0 Å². The summed E-state index contributed by atoms with van der Waals surface area (Å²) in [6, 6.07) is 18.9. The molecule has 2 heterocycles. The molecule has 9 nitrogen and oxygen atoms in total. The molecule has 4 aromatic rings. The number of benzene rings is 2. The third kappa shape index (κ3) is 7.63. The van der Waals surface area contributed by atoms with Gasteiger partial charge in [-0.2, -0.15) is 0 Å². The minimum atomic E-state index is -2.76. The van der Waals surface area contributed by atoms with Crippen molar-refractivity contribution in [1.82, 2.24) is 15.6 Å². The largest absolute Gasteiger partial charge is 0.453 e. The number of carbonyl (C=O) groups is 2. The van der Waals surface area contributed by atoms with Gasteiger partial charge in [0.15, 0.2) is 0 Å². The Kier molecular flexibility index (Phi) is 9.46. The normalized spacial score (nSPS) is 12.5. The van der Waals surface area contributed by atoms with E-state index in [0.717, 1.165) is 21.0 Å². The molecule has 0 aliphatic carbocycles. The summed E-state index contributed by atoms with van der Waals surface area (Å²) in [4.78, 5) is 31.4. The Hall–Kier alpha value is -3.74. The van der Waals surface area contributed by atoms with E-state index in [2.05, 4.69) is 15.4 Å². The summed E-state index contributed by atoms with van der Waals surface area (Å²) >= 11 is 3.07. The maximum absolute atomic E-state index is 13.5. The Morgan fingerprint density at radius 3 is 2.32 bits per heavy atom. The van der Waals surface area contributed by atoms with E-state index in [-0.39, 0.29) is 12.3 Å². The number of hydrogen-bond acceptors (Lipinski definition) is 8. The fourth-order valence-corrected chi connectivity index (χ4v) is 5.83. The van der Waals surface area contributed by atoms with Crippen LogP contribution < -0.4 is 15.4 Å². The van der Waals surface area contributed by atoms with Crippen LogP contribution in [-0.4, -0.2) is 38.6 Å². The zero-order valence-corrected chi connectivity index (χ0v) is 22.9. The van der Waals surface area contributed by atoms with Crippen molar-refractivity contribution in [2.45, 2.75) is 24.9 Å². The molecule has 0 spiro atoms. The number of thiol groups is 1. The summed E-state index contributed by atoms with van der Waals surface area (Å²) < 4.78 is 29.0. The second-order valence-electron chi connectivity index (χ2n) is 8.26. The molecule has 198 valence electrons. The van der Waals surface area contributed by atoms with Crippen LogP contribution in [0.25, 0.3) is 9.88 Å². The van der Waals surface area contributed by atoms with Gasteiger partial charge in [-0.3, -0.25) is 9.52 Å². The second-order valence-corrected chi connectivity index (χ2v) is 10.8. The van der Waals surface area contributed by atoms with E-state index in [1.165, 1.54) is 18.4 Å². The van der Waals surface area contributed by atoms with Crippen LogP contribution in [0, 0.1) is 0 Å². The lowest BCUT2D eigenvalue weighted by molar-refractivity contribution is -0.123. The van der Waals surface area contributed by atoms with E-state index >= 15 is 0 Å². The van der Waals surface area contributed by atoms with E-state index in [0.29, 0.717) is 17.8 Å². The van der Waals surface area contributed by atoms with Gasteiger partial charge >= 0.3 is 6.09 Å². The Morgan fingerprint density at radius 1 is 0.921 bits per heavy atom. The smallest absolute Gasteiger partial charge is 0.407 e. The molecule has 12 heteroatoms. The van der Waals surface area contributed by atoms with Gasteiger partial charge in [0, 0.05) is 17.5 Å². The summed E-state index contributed by atoms with van der Waals surface area (Å²) in [5.41, 5.74) is 2.89. The first-order valence-corrected chi connectivity index (χ1v) is 14.5. The predicted octanol–water partition coefficient (Wildman–Crippen LogP) is 4.18. The maximum Gasteiger partial charge on any atom is 0.407 e. The molecule has 0 aliphatic rings. The van der Waals surface area contributed by atoms with Gasteiger partial charge in [0.25, 0.3) is 0 Å².